The Balaban J connectivity index is 1.62. The zero-order valence-corrected chi connectivity index (χ0v) is 23.4. The second kappa shape index (κ2) is 10.9. The molecule has 4 rings (SSSR count). The molecule has 1 saturated heterocycles. The van der Waals surface area contributed by atoms with Crippen LogP contribution in [-0.2, 0) is 14.6 Å². The van der Waals surface area contributed by atoms with E-state index in [1.54, 1.807) is 11.6 Å². The normalized spacial score (nSPS) is 16.6. The first-order valence-electron chi connectivity index (χ1n) is 12.3. The summed E-state index contributed by atoms with van der Waals surface area (Å²) in [4.78, 5) is 34.4. The third kappa shape index (κ3) is 6.08. The fourth-order valence-corrected chi connectivity index (χ4v) is 5.44. The summed E-state index contributed by atoms with van der Waals surface area (Å²) >= 11 is 6.17. The van der Waals surface area contributed by atoms with Crippen molar-refractivity contribution in [2.75, 3.05) is 42.4 Å². The molecule has 3 N–H and O–H groups in total. The van der Waals surface area contributed by atoms with Gasteiger partial charge in [0.05, 0.1) is 23.0 Å². The molecule has 2 amide bonds. The number of carbonyl (C=O) groups excluding carboxylic acids is 2. The van der Waals surface area contributed by atoms with Crippen molar-refractivity contribution in [2.45, 2.75) is 38.8 Å². The quantitative estimate of drug-likeness (QED) is 0.427. The third-order valence-electron chi connectivity index (χ3n) is 6.54. The molecule has 38 heavy (non-hydrogen) atoms. The van der Waals surface area contributed by atoms with Gasteiger partial charge in [-0.05, 0) is 38.0 Å². The van der Waals surface area contributed by atoms with Gasteiger partial charge in [-0.25, -0.2) is 17.9 Å². The maximum absolute atomic E-state index is 13.6. The van der Waals surface area contributed by atoms with E-state index in [1.165, 1.54) is 23.1 Å². The number of halogens is 1. The van der Waals surface area contributed by atoms with Crippen molar-refractivity contribution in [1.29, 1.82) is 0 Å². The number of hydrogen-bond donors (Lipinski definition) is 2. The molecule has 204 valence electrons. The molecule has 1 aliphatic rings. The summed E-state index contributed by atoms with van der Waals surface area (Å²) in [5.74, 6) is -0.963. The second-order valence-corrected chi connectivity index (χ2v) is 12.3. The van der Waals surface area contributed by atoms with Gasteiger partial charge >= 0.3 is 0 Å². The van der Waals surface area contributed by atoms with Gasteiger partial charge in [-0.15, -0.1) is 0 Å². The molecule has 1 aliphatic heterocycles. The fourth-order valence-electron chi connectivity index (χ4n) is 4.72. The van der Waals surface area contributed by atoms with Crippen molar-refractivity contribution in [3.8, 4) is 0 Å². The van der Waals surface area contributed by atoms with Crippen LogP contribution < -0.4 is 16.0 Å². The smallest absolute Gasteiger partial charge is 0.256 e. The number of carbonyl (C=O) groups is 2. The van der Waals surface area contributed by atoms with E-state index in [2.05, 4.69) is 10.2 Å². The van der Waals surface area contributed by atoms with Crippen LogP contribution in [0.25, 0.3) is 5.65 Å². The highest BCUT2D eigenvalue weighted by Gasteiger charge is 2.28. The summed E-state index contributed by atoms with van der Waals surface area (Å²) in [5.41, 5.74) is 8.71. The lowest BCUT2D eigenvalue weighted by molar-refractivity contribution is -0.113. The highest BCUT2D eigenvalue weighted by atomic mass is 35.5. The minimum atomic E-state index is -3.54. The van der Waals surface area contributed by atoms with Crippen LogP contribution in [0.4, 0.5) is 11.5 Å². The van der Waals surface area contributed by atoms with Gasteiger partial charge in [-0.2, -0.15) is 5.10 Å². The highest BCUT2D eigenvalue weighted by molar-refractivity contribution is 7.91. The molecule has 1 aromatic carbocycles. The highest BCUT2D eigenvalue weighted by Crippen LogP contribution is 2.29. The summed E-state index contributed by atoms with van der Waals surface area (Å²) in [6.45, 7) is 5.53. The number of nitrogens with one attached hydrogen (secondary N) is 1. The second-order valence-electron chi connectivity index (χ2n) is 9.76. The van der Waals surface area contributed by atoms with E-state index in [9.17, 15) is 18.0 Å². The summed E-state index contributed by atoms with van der Waals surface area (Å²) in [5, 5.41) is 7.53. The third-order valence-corrected chi connectivity index (χ3v) is 7.57. The van der Waals surface area contributed by atoms with Crippen LogP contribution >= 0.6 is 11.6 Å². The van der Waals surface area contributed by atoms with E-state index in [4.69, 9.17) is 27.4 Å². The van der Waals surface area contributed by atoms with Crippen LogP contribution in [0, 0.1) is 6.92 Å². The molecule has 0 radical (unpaired) electrons. The van der Waals surface area contributed by atoms with Gasteiger partial charge in [0, 0.05) is 55.3 Å². The molecule has 13 heteroatoms. The molecule has 3 heterocycles. The Morgan fingerprint density at radius 1 is 1.32 bits per heavy atom. The van der Waals surface area contributed by atoms with Crippen molar-refractivity contribution >= 4 is 50.4 Å². The molecule has 0 unspecified atom stereocenters. The monoisotopic (exact) mass is 561 g/mol. The van der Waals surface area contributed by atoms with Gasteiger partial charge < -0.3 is 20.9 Å². The number of nitrogens with two attached hydrogens (primary N) is 1. The van der Waals surface area contributed by atoms with E-state index in [0.29, 0.717) is 22.8 Å². The molecule has 2 aromatic heterocycles. The van der Waals surface area contributed by atoms with Crippen LogP contribution in [0.15, 0.2) is 30.5 Å². The predicted molar refractivity (Wildman–Crippen MR) is 147 cm³/mol. The van der Waals surface area contributed by atoms with Crippen molar-refractivity contribution in [3.05, 3.63) is 52.3 Å². The number of sulfone groups is 1. The van der Waals surface area contributed by atoms with E-state index in [1.807, 2.05) is 26.1 Å². The number of amides is 2. The Labute approximate surface area is 226 Å². The molecule has 3 aromatic rings. The molecule has 0 aliphatic carbocycles. The van der Waals surface area contributed by atoms with E-state index in [0.717, 1.165) is 37.1 Å². The van der Waals surface area contributed by atoms with Gasteiger partial charge in [0.2, 0.25) is 5.91 Å². The molecular formula is C25H32ClN7O4S. The average molecular weight is 562 g/mol. The first kappa shape index (κ1) is 27.8. The molecular weight excluding hydrogens is 530 g/mol. The lowest BCUT2D eigenvalue weighted by Crippen LogP contribution is -2.32. The number of rotatable bonds is 8. The standard InChI is InChI=1S/C25H32ClN7O4S/c1-5-21(20-11-22-29-24(15(2)12-33(22)30-20)32-9-8-17(27)13-32)31(3)25(35)18-10-16(26)6-7-19(18)28-23(34)14-38(4,36)37/h6-7,10-12,17,21H,5,8-9,13-14,27H2,1-4H3,(H,28,34)/t17-,21-/m0/s1. The summed E-state index contributed by atoms with van der Waals surface area (Å²) in [7, 11) is -1.89. The number of fused-ring (bicyclic) bond motifs is 1. The minimum Gasteiger partial charge on any atom is -0.355 e. The number of aryl methyl sites for hydroxylation is 1. The molecule has 0 bridgehead atoms. The molecule has 2 atom stereocenters. The van der Waals surface area contributed by atoms with Crippen LogP contribution in [0.5, 0.6) is 0 Å². The number of anilines is 2. The first-order valence-corrected chi connectivity index (χ1v) is 14.7. The lowest BCUT2D eigenvalue weighted by Gasteiger charge is -2.27. The predicted octanol–water partition coefficient (Wildman–Crippen LogP) is 2.43. The maximum atomic E-state index is 13.6. The Bertz CT molecular complexity index is 1490. The van der Waals surface area contributed by atoms with Crippen molar-refractivity contribution < 1.29 is 18.0 Å². The molecule has 11 nitrogen and oxygen atoms in total. The van der Waals surface area contributed by atoms with Crippen molar-refractivity contribution in [3.63, 3.8) is 0 Å². The van der Waals surface area contributed by atoms with Gasteiger partial charge in [0.15, 0.2) is 15.5 Å². The number of benzene rings is 1. The van der Waals surface area contributed by atoms with Crippen LogP contribution in [0.2, 0.25) is 5.02 Å². The molecule has 1 fully saturated rings. The zero-order chi connectivity index (χ0) is 27.8. The number of aromatic nitrogens is 3. The van der Waals surface area contributed by atoms with Crippen LogP contribution in [0.3, 0.4) is 0 Å². The van der Waals surface area contributed by atoms with E-state index in [-0.39, 0.29) is 17.3 Å². The van der Waals surface area contributed by atoms with E-state index < -0.39 is 33.4 Å². The largest absolute Gasteiger partial charge is 0.355 e. The Morgan fingerprint density at radius 3 is 2.68 bits per heavy atom. The van der Waals surface area contributed by atoms with Crippen molar-refractivity contribution in [2.24, 2.45) is 5.73 Å². The summed E-state index contributed by atoms with van der Waals surface area (Å²) in [6, 6.07) is 6.05. The molecule has 0 saturated carbocycles. The lowest BCUT2D eigenvalue weighted by atomic mass is 10.1. The fraction of sp³-hybridized carbons (Fsp3) is 0.440. The Kier molecular flexibility index (Phi) is 7.96. The van der Waals surface area contributed by atoms with Gasteiger partial charge in [0.25, 0.3) is 5.91 Å². The minimum absolute atomic E-state index is 0.129. The van der Waals surface area contributed by atoms with Crippen molar-refractivity contribution in [1.82, 2.24) is 19.5 Å². The number of hydrogen-bond acceptors (Lipinski definition) is 8. The topological polar surface area (TPSA) is 143 Å². The Morgan fingerprint density at radius 2 is 2.05 bits per heavy atom. The average Bonchev–Trinajstić information content (AvgIpc) is 3.43. The molecule has 0 spiro atoms. The zero-order valence-electron chi connectivity index (χ0n) is 21.8. The van der Waals surface area contributed by atoms with Gasteiger partial charge in [-0.1, -0.05) is 18.5 Å². The maximum Gasteiger partial charge on any atom is 0.256 e. The summed E-state index contributed by atoms with van der Waals surface area (Å²) < 4.78 is 24.8. The van der Waals surface area contributed by atoms with Crippen LogP contribution in [-0.4, -0.2) is 77.9 Å². The van der Waals surface area contributed by atoms with E-state index >= 15 is 0 Å². The van der Waals surface area contributed by atoms with Crippen LogP contribution in [0.1, 0.15) is 47.4 Å². The SMILES string of the molecule is CC[C@@H](c1cc2nc(N3CC[C@H](N)C3)c(C)cn2n1)N(C)C(=O)c1cc(Cl)ccc1NC(=O)CS(C)(=O)=O. The van der Waals surface area contributed by atoms with Gasteiger partial charge in [0.1, 0.15) is 11.6 Å². The Hall–Kier alpha value is -3.22. The first-order chi connectivity index (χ1) is 17.9. The number of nitrogens with zero attached hydrogens (tertiary/aromatic N) is 5. The summed E-state index contributed by atoms with van der Waals surface area (Å²) in [6.07, 6.45) is 4.37. The van der Waals surface area contributed by atoms with Gasteiger partial charge in [-0.3, -0.25) is 9.59 Å².